The smallest absolute Gasteiger partial charge is 0.256 e. The number of hydrogen-bond acceptors (Lipinski definition) is 3. The van der Waals surface area contributed by atoms with Gasteiger partial charge >= 0.3 is 0 Å². The molecule has 0 aliphatic heterocycles. The first-order valence-electron chi connectivity index (χ1n) is 6.21. The summed E-state index contributed by atoms with van der Waals surface area (Å²) in [4.78, 5) is 13.8. The minimum Gasteiger partial charge on any atom is -0.398 e. The first-order chi connectivity index (χ1) is 9.04. The van der Waals surface area contributed by atoms with Crippen LogP contribution in [-0.4, -0.2) is 35.1 Å². The van der Waals surface area contributed by atoms with Crippen LogP contribution < -0.4 is 5.73 Å². The summed E-state index contributed by atoms with van der Waals surface area (Å²) in [7, 11) is 0. The first kappa shape index (κ1) is 13.7. The number of carbonyl (C=O) groups is 1. The monoisotopic (exact) mass is 270 g/mol. The Labute approximate surface area is 109 Å². The van der Waals surface area contributed by atoms with Gasteiger partial charge in [0.2, 0.25) is 0 Å². The highest BCUT2D eigenvalue weighted by Gasteiger charge is 2.30. The van der Waals surface area contributed by atoms with Gasteiger partial charge in [-0.25, -0.2) is 8.78 Å². The standard InChI is InChI=1S/C13H16F2N2O2/c14-10-6-9(12(16)7-11(10)15)13(19)17(4-5-18)8-2-1-3-8/h6-8,18H,1-5,16H2. The third-order valence-corrected chi connectivity index (χ3v) is 3.44. The fourth-order valence-electron chi connectivity index (χ4n) is 2.16. The molecule has 1 fully saturated rings. The van der Waals surface area contributed by atoms with E-state index in [0.717, 1.165) is 31.4 Å². The second-order valence-electron chi connectivity index (χ2n) is 4.66. The van der Waals surface area contributed by atoms with Crippen molar-refractivity contribution in [2.24, 2.45) is 0 Å². The predicted molar refractivity (Wildman–Crippen MR) is 66.5 cm³/mol. The lowest BCUT2D eigenvalue weighted by Gasteiger charge is -2.37. The molecule has 0 saturated heterocycles. The molecule has 0 aromatic heterocycles. The molecule has 1 amide bonds. The Morgan fingerprint density at radius 2 is 2.00 bits per heavy atom. The molecule has 0 bridgehead atoms. The van der Waals surface area contributed by atoms with E-state index in [9.17, 15) is 13.6 Å². The van der Waals surface area contributed by atoms with Gasteiger partial charge in [0.15, 0.2) is 11.6 Å². The number of nitrogen functional groups attached to an aromatic ring is 1. The molecule has 1 aromatic carbocycles. The van der Waals surface area contributed by atoms with E-state index in [-0.39, 0.29) is 30.4 Å². The Bertz CT molecular complexity index is 490. The number of rotatable bonds is 4. The normalized spacial score (nSPS) is 15.1. The zero-order valence-corrected chi connectivity index (χ0v) is 10.4. The quantitative estimate of drug-likeness (QED) is 0.815. The Balaban J connectivity index is 2.28. The van der Waals surface area contributed by atoms with Crippen LogP contribution in [0.15, 0.2) is 12.1 Å². The van der Waals surface area contributed by atoms with Crippen LogP contribution in [0.4, 0.5) is 14.5 Å². The summed E-state index contributed by atoms with van der Waals surface area (Å²) in [5.74, 6) is -2.64. The minimum absolute atomic E-state index is 0.0483. The molecule has 0 spiro atoms. The Morgan fingerprint density at radius 1 is 1.37 bits per heavy atom. The average molecular weight is 270 g/mol. The maximum absolute atomic E-state index is 13.2. The van der Waals surface area contributed by atoms with Crippen LogP contribution in [0, 0.1) is 11.6 Å². The van der Waals surface area contributed by atoms with Gasteiger partial charge in [0.25, 0.3) is 5.91 Å². The van der Waals surface area contributed by atoms with Gasteiger partial charge in [-0.05, 0) is 25.3 Å². The summed E-state index contributed by atoms with van der Waals surface area (Å²) >= 11 is 0. The molecule has 1 aliphatic rings. The Morgan fingerprint density at radius 3 is 2.53 bits per heavy atom. The van der Waals surface area contributed by atoms with Crippen LogP contribution in [0.3, 0.4) is 0 Å². The molecule has 0 atom stereocenters. The van der Waals surface area contributed by atoms with E-state index in [0.29, 0.717) is 0 Å². The number of anilines is 1. The number of carbonyl (C=O) groups excluding carboxylic acids is 1. The molecule has 104 valence electrons. The van der Waals surface area contributed by atoms with Crippen molar-refractivity contribution >= 4 is 11.6 Å². The Hall–Kier alpha value is -1.69. The highest BCUT2D eigenvalue weighted by Crippen LogP contribution is 2.27. The van der Waals surface area contributed by atoms with E-state index in [2.05, 4.69) is 0 Å². The third kappa shape index (κ3) is 2.68. The maximum atomic E-state index is 13.2. The van der Waals surface area contributed by atoms with E-state index in [1.807, 2.05) is 0 Å². The number of aliphatic hydroxyl groups excluding tert-OH is 1. The second kappa shape index (κ2) is 5.52. The highest BCUT2D eigenvalue weighted by atomic mass is 19.2. The molecule has 0 unspecified atom stereocenters. The van der Waals surface area contributed by atoms with Crippen molar-refractivity contribution in [1.29, 1.82) is 0 Å². The van der Waals surface area contributed by atoms with E-state index in [1.165, 1.54) is 4.90 Å². The van der Waals surface area contributed by atoms with Crippen molar-refractivity contribution in [2.45, 2.75) is 25.3 Å². The van der Waals surface area contributed by atoms with Crippen LogP contribution in [0.1, 0.15) is 29.6 Å². The van der Waals surface area contributed by atoms with Crippen LogP contribution in [-0.2, 0) is 0 Å². The van der Waals surface area contributed by atoms with Crippen molar-refractivity contribution in [3.8, 4) is 0 Å². The van der Waals surface area contributed by atoms with Crippen molar-refractivity contribution in [3.05, 3.63) is 29.3 Å². The van der Waals surface area contributed by atoms with Gasteiger partial charge in [-0.3, -0.25) is 4.79 Å². The van der Waals surface area contributed by atoms with Gasteiger partial charge in [-0.1, -0.05) is 0 Å². The molecular formula is C13H16F2N2O2. The van der Waals surface area contributed by atoms with Gasteiger partial charge in [-0.15, -0.1) is 0 Å². The maximum Gasteiger partial charge on any atom is 0.256 e. The first-order valence-corrected chi connectivity index (χ1v) is 6.21. The number of aliphatic hydroxyl groups is 1. The Kier molecular flexibility index (Phi) is 3.99. The van der Waals surface area contributed by atoms with E-state index < -0.39 is 17.5 Å². The van der Waals surface area contributed by atoms with Gasteiger partial charge in [0, 0.05) is 24.3 Å². The fourth-order valence-corrected chi connectivity index (χ4v) is 2.16. The molecule has 0 heterocycles. The number of nitrogens with two attached hydrogens (primary N) is 1. The van der Waals surface area contributed by atoms with Crippen molar-refractivity contribution in [3.63, 3.8) is 0 Å². The second-order valence-corrected chi connectivity index (χ2v) is 4.66. The summed E-state index contributed by atoms with van der Waals surface area (Å²) in [6.45, 7) is -0.00619. The minimum atomic E-state index is -1.10. The molecule has 4 nitrogen and oxygen atoms in total. The van der Waals surface area contributed by atoms with E-state index >= 15 is 0 Å². The predicted octanol–water partition coefficient (Wildman–Crippen LogP) is 1.53. The molecule has 1 saturated carbocycles. The zero-order chi connectivity index (χ0) is 14.0. The number of hydrogen-bond donors (Lipinski definition) is 2. The van der Waals surface area contributed by atoms with Gasteiger partial charge in [0.1, 0.15) is 0 Å². The summed E-state index contributed by atoms with van der Waals surface area (Å²) in [6, 6.07) is 1.67. The molecule has 19 heavy (non-hydrogen) atoms. The van der Waals surface area contributed by atoms with Crippen LogP contribution >= 0.6 is 0 Å². The number of amides is 1. The fraction of sp³-hybridized carbons (Fsp3) is 0.462. The largest absolute Gasteiger partial charge is 0.398 e. The van der Waals surface area contributed by atoms with Gasteiger partial charge < -0.3 is 15.7 Å². The lowest BCUT2D eigenvalue weighted by atomic mass is 9.91. The number of benzene rings is 1. The molecule has 6 heteroatoms. The molecule has 1 aliphatic carbocycles. The summed E-state index contributed by atoms with van der Waals surface area (Å²) in [6.07, 6.45) is 2.73. The summed E-state index contributed by atoms with van der Waals surface area (Å²) in [5, 5.41) is 9.01. The lowest BCUT2D eigenvalue weighted by molar-refractivity contribution is 0.0526. The van der Waals surface area contributed by atoms with Crippen LogP contribution in [0.5, 0.6) is 0 Å². The zero-order valence-electron chi connectivity index (χ0n) is 10.4. The summed E-state index contributed by atoms with van der Waals surface area (Å²) < 4.78 is 26.2. The molecular weight excluding hydrogens is 254 g/mol. The molecule has 1 aromatic rings. The SMILES string of the molecule is Nc1cc(F)c(F)cc1C(=O)N(CCO)C1CCC1. The van der Waals surface area contributed by atoms with Gasteiger partial charge in [-0.2, -0.15) is 0 Å². The topological polar surface area (TPSA) is 66.6 Å². The molecule has 2 rings (SSSR count). The van der Waals surface area contributed by atoms with Crippen molar-refractivity contribution < 1.29 is 18.7 Å². The highest BCUT2D eigenvalue weighted by molar-refractivity contribution is 5.99. The molecule has 0 radical (unpaired) electrons. The van der Waals surface area contributed by atoms with Crippen LogP contribution in [0.25, 0.3) is 0 Å². The average Bonchev–Trinajstić information content (AvgIpc) is 2.30. The van der Waals surface area contributed by atoms with Crippen molar-refractivity contribution in [1.82, 2.24) is 4.90 Å². The molecule has 3 N–H and O–H groups in total. The van der Waals surface area contributed by atoms with E-state index in [1.54, 1.807) is 0 Å². The van der Waals surface area contributed by atoms with Crippen LogP contribution in [0.2, 0.25) is 0 Å². The number of nitrogens with zero attached hydrogens (tertiary/aromatic N) is 1. The number of halogens is 2. The van der Waals surface area contributed by atoms with Crippen molar-refractivity contribution in [2.75, 3.05) is 18.9 Å². The summed E-state index contributed by atoms with van der Waals surface area (Å²) in [5.41, 5.74) is 5.42. The van der Waals surface area contributed by atoms with E-state index in [4.69, 9.17) is 10.8 Å². The van der Waals surface area contributed by atoms with Gasteiger partial charge in [0.05, 0.1) is 12.2 Å². The third-order valence-electron chi connectivity index (χ3n) is 3.44. The lowest BCUT2D eigenvalue weighted by Crippen LogP contribution is -2.45.